The van der Waals surface area contributed by atoms with Gasteiger partial charge in [0.2, 0.25) is 5.91 Å². The molecule has 0 aliphatic carbocycles. The molecule has 1 atom stereocenters. The number of piperidine rings is 1. The molecule has 3 nitrogen and oxygen atoms in total. The van der Waals surface area contributed by atoms with Crippen molar-refractivity contribution in [2.24, 2.45) is 0 Å². The highest BCUT2D eigenvalue weighted by Crippen LogP contribution is 2.21. The number of halogens is 2. The summed E-state index contributed by atoms with van der Waals surface area (Å²) >= 11 is 11.9. The van der Waals surface area contributed by atoms with Crippen LogP contribution in [0.3, 0.4) is 0 Å². The lowest BCUT2D eigenvalue weighted by Gasteiger charge is -2.32. The van der Waals surface area contributed by atoms with E-state index in [4.69, 9.17) is 23.2 Å². The topological polar surface area (TPSA) is 32.3 Å². The SMILES string of the molecule is CN1CCCCC1CCC(=O)NCc1ccc(Cl)cc1Cl. The number of hydrogen-bond acceptors (Lipinski definition) is 2. The van der Waals surface area contributed by atoms with Crippen LogP contribution in [0.4, 0.5) is 0 Å². The average Bonchev–Trinajstić information content (AvgIpc) is 2.45. The lowest BCUT2D eigenvalue weighted by Crippen LogP contribution is -2.37. The second-order valence-corrected chi connectivity index (χ2v) is 6.52. The standard InChI is InChI=1S/C16H22Cl2N2O/c1-20-9-3-2-4-14(20)7-8-16(21)19-11-12-5-6-13(17)10-15(12)18/h5-6,10,14H,2-4,7-9,11H2,1H3,(H,19,21). The zero-order valence-electron chi connectivity index (χ0n) is 12.4. The first kappa shape index (κ1) is 16.6. The molecule has 1 saturated heterocycles. The van der Waals surface area contributed by atoms with E-state index in [0.717, 1.165) is 18.5 Å². The molecule has 1 fully saturated rings. The van der Waals surface area contributed by atoms with E-state index in [9.17, 15) is 4.79 Å². The van der Waals surface area contributed by atoms with Crippen molar-refractivity contribution in [1.29, 1.82) is 0 Å². The van der Waals surface area contributed by atoms with Gasteiger partial charge in [-0.25, -0.2) is 0 Å². The van der Waals surface area contributed by atoms with Gasteiger partial charge >= 0.3 is 0 Å². The lowest BCUT2D eigenvalue weighted by molar-refractivity contribution is -0.121. The van der Waals surface area contributed by atoms with E-state index >= 15 is 0 Å². The van der Waals surface area contributed by atoms with Crippen LogP contribution < -0.4 is 5.32 Å². The quantitative estimate of drug-likeness (QED) is 0.889. The predicted molar refractivity (Wildman–Crippen MR) is 87.8 cm³/mol. The van der Waals surface area contributed by atoms with Crippen molar-refractivity contribution in [2.75, 3.05) is 13.6 Å². The average molecular weight is 329 g/mol. The number of benzene rings is 1. The molecule has 1 aromatic carbocycles. The van der Waals surface area contributed by atoms with Gasteiger partial charge in [0.05, 0.1) is 0 Å². The van der Waals surface area contributed by atoms with Crippen LogP contribution in [-0.2, 0) is 11.3 Å². The Kier molecular flexibility index (Phi) is 6.34. The summed E-state index contributed by atoms with van der Waals surface area (Å²) in [6.07, 6.45) is 5.25. The molecule has 0 bridgehead atoms. The fraction of sp³-hybridized carbons (Fsp3) is 0.562. The van der Waals surface area contributed by atoms with E-state index in [1.165, 1.54) is 19.3 Å². The van der Waals surface area contributed by atoms with E-state index in [1.807, 2.05) is 6.07 Å². The van der Waals surface area contributed by atoms with Crippen molar-refractivity contribution in [3.8, 4) is 0 Å². The molecule has 0 aromatic heterocycles. The molecule has 1 aliphatic rings. The molecule has 21 heavy (non-hydrogen) atoms. The molecule has 0 saturated carbocycles. The van der Waals surface area contributed by atoms with Gasteiger partial charge in [-0.2, -0.15) is 0 Å². The van der Waals surface area contributed by atoms with Crippen LogP contribution in [0.1, 0.15) is 37.7 Å². The van der Waals surface area contributed by atoms with Gasteiger partial charge in [0.25, 0.3) is 0 Å². The van der Waals surface area contributed by atoms with Crippen molar-refractivity contribution in [2.45, 2.75) is 44.7 Å². The number of nitrogens with one attached hydrogen (secondary N) is 1. The minimum atomic E-state index is 0.0833. The monoisotopic (exact) mass is 328 g/mol. The molecule has 1 aromatic rings. The number of amides is 1. The number of carbonyl (C=O) groups is 1. The highest BCUT2D eigenvalue weighted by atomic mass is 35.5. The Labute approximate surface area is 136 Å². The van der Waals surface area contributed by atoms with Crippen LogP contribution in [0.2, 0.25) is 10.0 Å². The van der Waals surface area contributed by atoms with Gasteiger partial charge in [0.1, 0.15) is 0 Å². The molecule has 0 spiro atoms. The highest BCUT2D eigenvalue weighted by molar-refractivity contribution is 6.35. The predicted octanol–water partition coefficient (Wildman–Crippen LogP) is 3.87. The van der Waals surface area contributed by atoms with E-state index in [1.54, 1.807) is 12.1 Å². The Morgan fingerprint density at radius 3 is 2.90 bits per heavy atom. The van der Waals surface area contributed by atoms with Crippen molar-refractivity contribution >= 4 is 29.1 Å². The second kappa shape index (κ2) is 8.02. The van der Waals surface area contributed by atoms with E-state index in [0.29, 0.717) is 29.1 Å². The van der Waals surface area contributed by atoms with Gasteiger partial charge in [-0.15, -0.1) is 0 Å². The number of hydrogen-bond donors (Lipinski definition) is 1. The Hall–Kier alpha value is -0.770. The summed E-state index contributed by atoms with van der Waals surface area (Å²) in [6.45, 7) is 1.60. The van der Waals surface area contributed by atoms with Crippen molar-refractivity contribution < 1.29 is 4.79 Å². The van der Waals surface area contributed by atoms with Crippen molar-refractivity contribution in [3.63, 3.8) is 0 Å². The third kappa shape index (κ3) is 5.17. The minimum absolute atomic E-state index is 0.0833. The van der Waals surface area contributed by atoms with Crippen LogP contribution in [0, 0.1) is 0 Å². The maximum atomic E-state index is 11.9. The Morgan fingerprint density at radius 1 is 1.38 bits per heavy atom. The summed E-state index contributed by atoms with van der Waals surface area (Å²) in [6, 6.07) is 5.87. The molecule has 0 radical (unpaired) electrons. The van der Waals surface area contributed by atoms with Gasteiger partial charge in [-0.05, 0) is 50.6 Å². The summed E-state index contributed by atoms with van der Waals surface area (Å²) in [5.74, 6) is 0.0833. The second-order valence-electron chi connectivity index (χ2n) is 5.68. The molecule has 1 aliphatic heterocycles. The first-order valence-electron chi connectivity index (χ1n) is 7.47. The minimum Gasteiger partial charge on any atom is -0.352 e. The number of nitrogens with zero attached hydrogens (tertiary/aromatic N) is 1. The zero-order valence-corrected chi connectivity index (χ0v) is 13.9. The summed E-state index contributed by atoms with van der Waals surface area (Å²) < 4.78 is 0. The van der Waals surface area contributed by atoms with Crippen molar-refractivity contribution in [1.82, 2.24) is 10.2 Å². The van der Waals surface area contributed by atoms with Crippen LogP contribution >= 0.6 is 23.2 Å². The molecule has 1 amide bonds. The van der Waals surface area contributed by atoms with Gasteiger partial charge in [-0.1, -0.05) is 35.7 Å². The molecule has 1 N–H and O–H groups in total. The smallest absolute Gasteiger partial charge is 0.220 e. The summed E-state index contributed by atoms with van der Waals surface area (Å²) in [7, 11) is 2.15. The molecular weight excluding hydrogens is 307 g/mol. The van der Waals surface area contributed by atoms with E-state index < -0.39 is 0 Å². The van der Waals surface area contributed by atoms with Crippen LogP contribution in [0.15, 0.2) is 18.2 Å². The summed E-state index contributed by atoms with van der Waals surface area (Å²) in [5.41, 5.74) is 0.893. The third-order valence-electron chi connectivity index (χ3n) is 4.12. The van der Waals surface area contributed by atoms with Crippen LogP contribution in [0.25, 0.3) is 0 Å². The number of likely N-dealkylation sites (tertiary alicyclic amines) is 1. The van der Waals surface area contributed by atoms with Gasteiger partial charge in [0, 0.05) is 29.1 Å². The normalized spacial score (nSPS) is 19.5. The van der Waals surface area contributed by atoms with Crippen LogP contribution in [-0.4, -0.2) is 30.4 Å². The molecular formula is C16H22Cl2N2O. The maximum Gasteiger partial charge on any atom is 0.220 e. The molecule has 1 heterocycles. The maximum absolute atomic E-state index is 11.9. The van der Waals surface area contributed by atoms with Crippen molar-refractivity contribution in [3.05, 3.63) is 33.8 Å². The molecule has 5 heteroatoms. The van der Waals surface area contributed by atoms with E-state index in [2.05, 4.69) is 17.3 Å². The largest absolute Gasteiger partial charge is 0.352 e. The van der Waals surface area contributed by atoms with Gasteiger partial charge in [-0.3, -0.25) is 4.79 Å². The highest BCUT2D eigenvalue weighted by Gasteiger charge is 2.19. The fourth-order valence-corrected chi connectivity index (χ4v) is 3.23. The van der Waals surface area contributed by atoms with Gasteiger partial charge < -0.3 is 10.2 Å². The zero-order chi connectivity index (χ0) is 15.2. The first-order valence-corrected chi connectivity index (χ1v) is 8.22. The molecule has 1 unspecified atom stereocenters. The summed E-state index contributed by atoms with van der Waals surface area (Å²) in [4.78, 5) is 14.3. The Morgan fingerprint density at radius 2 is 2.19 bits per heavy atom. The molecule has 2 rings (SSSR count). The Bertz CT molecular complexity index is 493. The fourth-order valence-electron chi connectivity index (χ4n) is 2.75. The lowest BCUT2D eigenvalue weighted by atomic mass is 9.98. The summed E-state index contributed by atoms with van der Waals surface area (Å²) in [5, 5.41) is 4.13. The first-order chi connectivity index (χ1) is 10.1. The third-order valence-corrected chi connectivity index (χ3v) is 4.70. The van der Waals surface area contributed by atoms with Gasteiger partial charge in [0.15, 0.2) is 0 Å². The number of rotatable bonds is 5. The van der Waals surface area contributed by atoms with Crippen LogP contribution in [0.5, 0.6) is 0 Å². The van der Waals surface area contributed by atoms with E-state index in [-0.39, 0.29) is 5.91 Å². The number of carbonyl (C=O) groups excluding carboxylic acids is 1. The molecule has 116 valence electrons. The Balaban J connectivity index is 1.74.